The minimum absolute atomic E-state index is 0.122. The van der Waals surface area contributed by atoms with Gasteiger partial charge in [0.2, 0.25) is 0 Å². The number of halogens is 4. The summed E-state index contributed by atoms with van der Waals surface area (Å²) in [6, 6.07) is 1.50. The molecule has 1 aromatic heterocycles. The van der Waals surface area contributed by atoms with Crippen LogP contribution < -0.4 is 5.73 Å². The Morgan fingerprint density at radius 2 is 2.17 bits per heavy atom. The van der Waals surface area contributed by atoms with Gasteiger partial charge < -0.3 is 5.73 Å². The minimum atomic E-state index is -2.57. The lowest BCUT2D eigenvalue weighted by Gasteiger charge is -2.06. The first kappa shape index (κ1) is 10.1. The molecule has 0 saturated heterocycles. The molecule has 0 aliphatic rings. The topological polar surface area (TPSA) is 38.9 Å². The first-order valence-corrected chi connectivity index (χ1v) is 4.79. The quantitative estimate of drug-likeness (QED) is 0.626. The first-order chi connectivity index (χ1) is 5.52. The molecule has 0 aliphatic heterocycles. The standard InChI is InChI=1S/C6H4BrF2IN2/c7-3-1-2(10)4(5(8)9)6(11)12-3/h1,5H,(H2,11,12). The van der Waals surface area contributed by atoms with E-state index in [1.807, 2.05) is 0 Å². The van der Waals surface area contributed by atoms with Crippen LogP contribution in [0.3, 0.4) is 0 Å². The maximum atomic E-state index is 12.3. The molecule has 0 aromatic carbocycles. The number of pyridine rings is 1. The lowest BCUT2D eigenvalue weighted by Crippen LogP contribution is -2.01. The van der Waals surface area contributed by atoms with E-state index in [1.165, 1.54) is 6.07 Å². The van der Waals surface area contributed by atoms with E-state index < -0.39 is 6.43 Å². The number of hydrogen-bond acceptors (Lipinski definition) is 2. The number of nitrogen functional groups attached to an aromatic ring is 1. The summed E-state index contributed by atoms with van der Waals surface area (Å²) in [6.45, 7) is 0. The molecular formula is C6H4BrF2IN2. The van der Waals surface area contributed by atoms with Gasteiger partial charge >= 0.3 is 0 Å². The summed E-state index contributed by atoms with van der Waals surface area (Å²) in [4.78, 5) is 3.67. The molecule has 0 bridgehead atoms. The van der Waals surface area contributed by atoms with Crippen molar-refractivity contribution in [3.63, 3.8) is 0 Å². The number of alkyl halides is 2. The van der Waals surface area contributed by atoms with Crippen LogP contribution in [0.5, 0.6) is 0 Å². The van der Waals surface area contributed by atoms with Gasteiger partial charge in [0.15, 0.2) is 0 Å². The van der Waals surface area contributed by atoms with Crippen LogP contribution in [0.15, 0.2) is 10.7 Å². The second-order valence-electron chi connectivity index (χ2n) is 2.03. The van der Waals surface area contributed by atoms with Gasteiger partial charge in [0.05, 0.1) is 5.56 Å². The summed E-state index contributed by atoms with van der Waals surface area (Å²) in [7, 11) is 0. The van der Waals surface area contributed by atoms with Crippen molar-refractivity contribution in [3.05, 3.63) is 19.8 Å². The van der Waals surface area contributed by atoms with E-state index in [-0.39, 0.29) is 11.4 Å². The summed E-state index contributed by atoms with van der Waals surface area (Å²) in [5.74, 6) is -0.122. The monoisotopic (exact) mass is 348 g/mol. The van der Waals surface area contributed by atoms with Crippen LogP contribution in [-0.2, 0) is 0 Å². The second kappa shape index (κ2) is 3.82. The van der Waals surface area contributed by atoms with Crippen molar-refractivity contribution in [1.82, 2.24) is 4.98 Å². The Hall–Kier alpha value is 0.0200. The molecular weight excluding hydrogens is 345 g/mol. The van der Waals surface area contributed by atoms with E-state index in [2.05, 4.69) is 20.9 Å². The highest BCUT2D eigenvalue weighted by molar-refractivity contribution is 14.1. The lowest BCUT2D eigenvalue weighted by atomic mass is 10.3. The predicted molar refractivity (Wildman–Crippen MR) is 54.0 cm³/mol. The van der Waals surface area contributed by atoms with E-state index in [0.29, 0.717) is 8.17 Å². The first-order valence-electron chi connectivity index (χ1n) is 2.92. The van der Waals surface area contributed by atoms with E-state index in [9.17, 15) is 8.78 Å². The van der Waals surface area contributed by atoms with Gasteiger partial charge in [0.25, 0.3) is 6.43 Å². The molecule has 12 heavy (non-hydrogen) atoms. The van der Waals surface area contributed by atoms with Gasteiger partial charge in [-0.1, -0.05) is 0 Å². The molecule has 0 fully saturated rings. The molecule has 1 rings (SSSR count). The van der Waals surface area contributed by atoms with Gasteiger partial charge in [-0.25, -0.2) is 13.8 Å². The summed E-state index contributed by atoms with van der Waals surface area (Å²) in [5, 5.41) is 0. The molecule has 0 atom stereocenters. The summed E-state index contributed by atoms with van der Waals surface area (Å²) in [6.07, 6.45) is -2.57. The van der Waals surface area contributed by atoms with Crippen molar-refractivity contribution in [1.29, 1.82) is 0 Å². The van der Waals surface area contributed by atoms with E-state index >= 15 is 0 Å². The third-order valence-electron chi connectivity index (χ3n) is 1.22. The van der Waals surface area contributed by atoms with Crippen LogP contribution in [0, 0.1) is 3.57 Å². The highest BCUT2D eigenvalue weighted by Gasteiger charge is 2.16. The van der Waals surface area contributed by atoms with Crippen LogP contribution in [0.2, 0.25) is 0 Å². The van der Waals surface area contributed by atoms with Gasteiger partial charge in [-0.2, -0.15) is 0 Å². The van der Waals surface area contributed by atoms with Crippen molar-refractivity contribution in [3.8, 4) is 0 Å². The highest BCUT2D eigenvalue weighted by Crippen LogP contribution is 2.30. The number of aromatic nitrogens is 1. The molecule has 0 aliphatic carbocycles. The average Bonchev–Trinajstić information content (AvgIpc) is 1.82. The lowest BCUT2D eigenvalue weighted by molar-refractivity contribution is 0.151. The maximum absolute atomic E-state index is 12.3. The number of nitrogens with two attached hydrogens (primary N) is 1. The Bertz CT molecular complexity index is 283. The van der Waals surface area contributed by atoms with Crippen molar-refractivity contribution in [2.75, 3.05) is 5.73 Å². The molecule has 0 radical (unpaired) electrons. The van der Waals surface area contributed by atoms with Gasteiger partial charge in [-0.3, -0.25) is 0 Å². The molecule has 1 aromatic rings. The Kier molecular flexibility index (Phi) is 3.22. The Morgan fingerprint density at radius 3 is 2.58 bits per heavy atom. The van der Waals surface area contributed by atoms with Gasteiger partial charge in [-0.05, 0) is 44.6 Å². The van der Waals surface area contributed by atoms with Crippen LogP contribution in [-0.4, -0.2) is 4.98 Å². The Balaban J connectivity index is 3.28. The van der Waals surface area contributed by atoms with E-state index in [1.54, 1.807) is 22.6 Å². The predicted octanol–water partition coefficient (Wildman–Crippen LogP) is 2.97. The number of anilines is 1. The summed E-state index contributed by atoms with van der Waals surface area (Å²) in [5.41, 5.74) is 5.10. The van der Waals surface area contributed by atoms with Crippen molar-refractivity contribution < 1.29 is 8.78 Å². The third kappa shape index (κ3) is 2.03. The largest absolute Gasteiger partial charge is 0.383 e. The highest BCUT2D eigenvalue weighted by atomic mass is 127. The van der Waals surface area contributed by atoms with Gasteiger partial charge in [-0.15, -0.1) is 0 Å². The van der Waals surface area contributed by atoms with Crippen molar-refractivity contribution >= 4 is 44.3 Å². The van der Waals surface area contributed by atoms with Gasteiger partial charge in [0, 0.05) is 3.57 Å². The summed E-state index contributed by atoms with van der Waals surface area (Å²) < 4.78 is 25.4. The number of hydrogen-bond donors (Lipinski definition) is 1. The van der Waals surface area contributed by atoms with Crippen LogP contribution in [0.25, 0.3) is 0 Å². The number of nitrogens with zero attached hydrogens (tertiary/aromatic N) is 1. The molecule has 6 heteroatoms. The van der Waals surface area contributed by atoms with Crippen molar-refractivity contribution in [2.45, 2.75) is 6.43 Å². The van der Waals surface area contributed by atoms with E-state index in [0.717, 1.165) is 0 Å². The van der Waals surface area contributed by atoms with E-state index in [4.69, 9.17) is 5.73 Å². The van der Waals surface area contributed by atoms with Gasteiger partial charge in [0.1, 0.15) is 10.4 Å². The fourth-order valence-electron chi connectivity index (χ4n) is 0.728. The summed E-state index contributed by atoms with van der Waals surface area (Å²) >= 11 is 4.85. The molecule has 0 saturated carbocycles. The number of rotatable bonds is 1. The molecule has 2 nitrogen and oxygen atoms in total. The van der Waals surface area contributed by atoms with Crippen LogP contribution >= 0.6 is 38.5 Å². The molecule has 0 amide bonds. The van der Waals surface area contributed by atoms with Crippen LogP contribution in [0.1, 0.15) is 12.0 Å². The SMILES string of the molecule is Nc1nc(Br)cc(I)c1C(F)F. The molecule has 0 spiro atoms. The zero-order valence-electron chi connectivity index (χ0n) is 5.69. The average molecular weight is 349 g/mol. The second-order valence-corrected chi connectivity index (χ2v) is 4.00. The zero-order valence-corrected chi connectivity index (χ0v) is 9.43. The molecule has 1 heterocycles. The third-order valence-corrected chi connectivity index (χ3v) is 2.52. The fourth-order valence-corrected chi connectivity index (χ4v) is 2.38. The normalized spacial score (nSPS) is 10.8. The fraction of sp³-hybridized carbons (Fsp3) is 0.167. The molecule has 2 N–H and O–H groups in total. The Morgan fingerprint density at radius 1 is 1.58 bits per heavy atom. The Labute approximate surface area is 89.8 Å². The maximum Gasteiger partial charge on any atom is 0.268 e. The minimum Gasteiger partial charge on any atom is -0.383 e. The molecule has 66 valence electrons. The molecule has 0 unspecified atom stereocenters. The van der Waals surface area contributed by atoms with Crippen LogP contribution in [0.4, 0.5) is 14.6 Å². The smallest absolute Gasteiger partial charge is 0.268 e. The van der Waals surface area contributed by atoms with Crippen molar-refractivity contribution in [2.24, 2.45) is 0 Å². The zero-order chi connectivity index (χ0) is 9.30.